The van der Waals surface area contributed by atoms with Crippen LogP contribution < -0.4 is 5.32 Å². The fourth-order valence-electron chi connectivity index (χ4n) is 1.88. The van der Waals surface area contributed by atoms with Gasteiger partial charge in [-0.15, -0.1) is 0 Å². The summed E-state index contributed by atoms with van der Waals surface area (Å²) < 4.78 is 0. The Balaban J connectivity index is 2.91. The van der Waals surface area contributed by atoms with Crippen LogP contribution in [0.25, 0.3) is 0 Å². The summed E-state index contributed by atoms with van der Waals surface area (Å²) in [6, 6.07) is 10.0. The van der Waals surface area contributed by atoms with Crippen LogP contribution in [-0.2, 0) is 4.79 Å². The van der Waals surface area contributed by atoms with E-state index in [-0.39, 0.29) is 17.7 Å². The molecule has 1 aromatic rings. The fourth-order valence-corrected chi connectivity index (χ4v) is 1.88. The molecule has 0 spiro atoms. The lowest BCUT2D eigenvalue weighted by atomic mass is 9.88. The number of nitriles is 1. The van der Waals surface area contributed by atoms with E-state index in [9.17, 15) is 10.1 Å². The SMILES string of the molecule is Cc1ccccc1C(C)C(=O)NC(C)(C#N)C(C)C. The zero-order chi connectivity index (χ0) is 14.6. The van der Waals surface area contributed by atoms with Crippen molar-refractivity contribution in [2.45, 2.75) is 46.1 Å². The van der Waals surface area contributed by atoms with Gasteiger partial charge < -0.3 is 5.32 Å². The molecule has 0 saturated carbocycles. The molecule has 1 aromatic carbocycles. The summed E-state index contributed by atoms with van der Waals surface area (Å²) in [5, 5.41) is 12.1. The first-order valence-electron chi connectivity index (χ1n) is 6.60. The van der Waals surface area contributed by atoms with E-state index in [0.29, 0.717) is 0 Å². The smallest absolute Gasteiger partial charge is 0.228 e. The molecule has 0 aromatic heterocycles. The maximum Gasteiger partial charge on any atom is 0.228 e. The van der Waals surface area contributed by atoms with Crippen LogP contribution in [0.4, 0.5) is 0 Å². The van der Waals surface area contributed by atoms with Gasteiger partial charge >= 0.3 is 0 Å². The van der Waals surface area contributed by atoms with E-state index in [2.05, 4.69) is 11.4 Å². The minimum absolute atomic E-state index is 0.0607. The predicted octanol–water partition coefficient (Wildman–Crippen LogP) is 3.15. The molecular weight excluding hydrogens is 236 g/mol. The third-order valence-electron chi connectivity index (χ3n) is 3.82. The van der Waals surface area contributed by atoms with Crippen LogP contribution in [0, 0.1) is 24.2 Å². The monoisotopic (exact) mass is 258 g/mol. The maximum absolute atomic E-state index is 12.3. The second-order valence-electron chi connectivity index (χ2n) is 5.54. The van der Waals surface area contributed by atoms with Crippen molar-refractivity contribution in [2.24, 2.45) is 5.92 Å². The van der Waals surface area contributed by atoms with E-state index in [1.165, 1.54) is 0 Å². The fraction of sp³-hybridized carbons (Fsp3) is 0.500. The Kier molecular flexibility index (Phi) is 4.72. The van der Waals surface area contributed by atoms with Crippen LogP contribution in [0.1, 0.15) is 44.7 Å². The van der Waals surface area contributed by atoms with Crippen molar-refractivity contribution in [1.82, 2.24) is 5.32 Å². The highest BCUT2D eigenvalue weighted by atomic mass is 16.2. The molecule has 0 aliphatic heterocycles. The molecule has 3 heteroatoms. The average molecular weight is 258 g/mol. The molecule has 19 heavy (non-hydrogen) atoms. The van der Waals surface area contributed by atoms with Crippen molar-refractivity contribution >= 4 is 5.91 Å². The molecular formula is C16H22N2O. The number of aryl methyl sites for hydroxylation is 1. The van der Waals surface area contributed by atoms with E-state index in [0.717, 1.165) is 11.1 Å². The lowest BCUT2D eigenvalue weighted by molar-refractivity contribution is -0.123. The summed E-state index contributed by atoms with van der Waals surface area (Å²) in [4.78, 5) is 12.3. The number of nitrogens with zero attached hydrogens (tertiary/aromatic N) is 1. The molecule has 0 saturated heterocycles. The Hall–Kier alpha value is -1.82. The van der Waals surface area contributed by atoms with Gasteiger partial charge in [0.2, 0.25) is 5.91 Å². The van der Waals surface area contributed by atoms with Gasteiger partial charge in [-0.3, -0.25) is 4.79 Å². The van der Waals surface area contributed by atoms with Gasteiger partial charge in [0.1, 0.15) is 5.54 Å². The number of hydrogen-bond acceptors (Lipinski definition) is 2. The molecule has 0 aliphatic rings. The minimum Gasteiger partial charge on any atom is -0.337 e. The lowest BCUT2D eigenvalue weighted by Gasteiger charge is -2.29. The molecule has 2 atom stereocenters. The van der Waals surface area contributed by atoms with Gasteiger partial charge in [-0.05, 0) is 37.8 Å². The second-order valence-corrected chi connectivity index (χ2v) is 5.54. The molecule has 102 valence electrons. The number of nitrogens with one attached hydrogen (secondary N) is 1. The van der Waals surface area contributed by atoms with Gasteiger partial charge in [0.25, 0.3) is 0 Å². The third-order valence-corrected chi connectivity index (χ3v) is 3.82. The Labute approximate surface area is 115 Å². The number of hydrogen-bond donors (Lipinski definition) is 1. The van der Waals surface area contributed by atoms with Gasteiger partial charge in [0.15, 0.2) is 0 Å². The van der Waals surface area contributed by atoms with E-state index in [1.54, 1.807) is 6.92 Å². The van der Waals surface area contributed by atoms with Gasteiger partial charge in [-0.25, -0.2) is 0 Å². The van der Waals surface area contributed by atoms with E-state index < -0.39 is 5.54 Å². The molecule has 3 nitrogen and oxygen atoms in total. The normalized spacial score (nSPS) is 15.4. The highest BCUT2D eigenvalue weighted by Crippen LogP contribution is 2.22. The van der Waals surface area contributed by atoms with Gasteiger partial charge in [-0.1, -0.05) is 38.1 Å². The number of amides is 1. The third kappa shape index (κ3) is 3.35. The summed E-state index contributed by atoms with van der Waals surface area (Å²) in [7, 11) is 0. The van der Waals surface area contributed by atoms with E-state index >= 15 is 0 Å². The average Bonchev–Trinajstić information content (AvgIpc) is 2.38. The van der Waals surface area contributed by atoms with Crippen molar-refractivity contribution in [1.29, 1.82) is 5.26 Å². The summed E-state index contributed by atoms with van der Waals surface area (Å²) in [6.45, 7) is 9.49. The van der Waals surface area contributed by atoms with Gasteiger partial charge in [0.05, 0.1) is 12.0 Å². The van der Waals surface area contributed by atoms with Crippen LogP contribution in [0.3, 0.4) is 0 Å². The first-order valence-corrected chi connectivity index (χ1v) is 6.60. The van der Waals surface area contributed by atoms with Crippen LogP contribution in [0.5, 0.6) is 0 Å². The molecule has 1 rings (SSSR count). The highest BCUT2D eigenvalue weighted by Gasteiger charge is 2.32. The zero-order valence-corrected chi connectivity index (χ0v) is 12.3. The summed E-state index contributed by atoms with van der Waals surface area (Å²) >= 11 is 0. The summed E-state index contributed by atoms with van der Waals surface area (Å²) in [5.74, 6) is -0.301. The number of carbonyl (C=O) groups excluding carboxylic acids is 1. The standard InChI is InChI=1S/C16H22N2O/c1-11(2)16(5,10-17)18-15(19)13(4)14-9-7-6-8-12(14)3/h6-9,11,13H,1-5H3,(H,18,19). The molecule has 0 radical (unpaired) electrons. The topological polar surface area (TPSA) is 52.9 Å². The maximum atomic E-state index is 12.3. The molecule has 0 bridgehead atoms. The Morgan fingerprint density at radius 3 is 2.37 bits per heavy atom. The summed E-state index contributed by atoms with van der Waals surface area (Å²) in [5.41, 5.74) is 1.27. The number of rotatable bonds is 4. The Morgan fingerprint density at radius 1 is 1.32 bits per heavy atom. The Bertz CT molecular complexity index is 502. The van der Waals surface area contributed by atoms with Crippen molar-refractivity contribution in [3.05, 3.63) is 35.4 Å². The molecule has 1 N–H and O–H groups in total. The summed E-state index contributed by atoms with van der Waals surface area (Å²) in [6.07, 6.45) is 0. The minimum atomic E-state index is -0.825. The van der Waals surface area contributed by atoms with Crippen LogP contribution in [0.15, 0.2) is 24.3 Å². The second kappa shape index (κ2) is 5.88. The van der Waals surface area contributed by atoms with Crippen molar-refractivity contribution in [3.63, 3.8) is 0 Å². The van der Waals surface area contributed by atoms with Crippen molar-refractivity contribution in [2.75, 3.05) is 0 Å². The van der Waals surface area contributed by atoms with Gasteiger partial charge in [0, 0.05) is 0 Å². The largest absolute Gasteiger partial charge is 0.337 e. The Morgan fingerprint density at radius 2 is 1.89 bits per heavy atom. The molecule has 0 heterocycles. The lowest BCUT2D eigenvalue weighted by Crippen LogP contribution is -2.50. The van der Waals surface area contributed by atoms with Crippen LogP contribution in [-0.4, -0.2) is 11.4 Å². The first-order chi connectivity index (χ1) is 8.81. The quantitative estimate of drug-likeness (QED) is 0.902. The van der Waals surface area contributed by atoms with Crippen molar-refractivity contribution < 1.29 is 4.79 Å². The molecule has 0 aliphatic carbocycles. The van der Waals surface area contributed by atoms with Gasteiger partial charge in [-0.2, -0.15) is 5.26 Å². The molecule has 1 amide bonds. The molecule has 2 unspecified atom stereocenters. The van der Waals surface area contributed by atoms with E-state index in [4.69, 9.17) is 0 Å². The number of benzene rings is 1. The van der Waals surface area contributed by atoms with Crippen LogP contribution >= 0.6 is 0 Å². The zero-order valence-electron chi connectivity index (χ0n) is 12.3. The highest BCUT2D eigenvalue weighted by molar-refractivity contribution is 5.84. The van der Waals surface area contributed by atoms with E-state index in [1.807, 2.05) is 52.0 Å². The first kappa shape index (κ1) is 15.2. The van der Waals surface area contributed by atoms with Crippen LogP contribution in [0.2, 0.25) is 0 Å². The molecule has 0 fully saturated rings. The van der Waals surface area contributed by atoms with Crippen molar-refractivity contribution in [3.8, 4) is 6.07 Å². The number of carbonyl (C=O) groups is 1. The predicted molar refractivity (Wildman–Crippen MR) is 76.6 cm³/mol.